The molecule has 0 saturated heterocycles. The van der Waals surface area contributed by atoms with Crippen molar-refractivity contribution in [2.24, 2.45) is 7.05 Å². The summed E-state index contributed by atoms with van der Waals surface area (Å²) in [5.74, 6) is 0.488. The maximum absolute atomic E-state index is 11.9. The molecule has 0 saturated carbocycles. The highest BCUT2D eigenvalue weighted by molar-refractivity contribution is 5.92. The van der Waals surface area contributed by atoms with E-state index in [1.165, 1.54) is 5.56 Å². The quantitative estimate of drug-likeness (QED) is 0.944. The minimum atomic E-state index is -0.198. The smallest absolute Gasteiger partial charge is 0.262 e. The molecule has 0 unspecified atom stereocenters. The number of ether oxygens (including phenoxy) is 1. The summed E-state index contributed by atoms with van der Waals surface area (Å²) in [4.78, 5) is 11.9. The molecule has 0 aliphatic rings. The van der Waals surface area contributed by atoms with Crippen molar-refractivity contribution in [3.63, 3.8) is 0 Å². The largest absolute Gasteiger partial charge is 0.484 e. The Morgan fingerprint density at radius 1 is 1.27 bits per heavy atom. The first-order valence-corrected chi connectivity index (χ1v) is 7.29. The molecule has 0 fully saturated rings. The molecule has 0 bridgehead atoms. The maximum atomic E-state index is 11.9. The zero-order valence-electron chi connectivity index (χ0n) is 13.8. The van der Waals surface area contributed by atoms with Gasteiger partial charge in [0.1, 0.15) is 5.75 Å². The van der Waals surface area contributed by atoms with Crippen LogP contribution in [0.15, 0.2) is 30.5 Å². The molecule has 22 heavy (non-hydrogen) atoms. The molecule has 1 heterocycles. The molecule has 0 radical (unpaired) electrons. The van der Waals surface area contributed by atoms with Crippen LogP contribution in [0.2, 0.25) is 0 Å². The summed E-state index contributed by atoms with van der Waals surface area (Å²) in [7, 11) is 1.83. The predicted molar refractivity (Wildman–Crippen MR) is 87.2 cm³/mol. The number of benzene rings is 1. The molecule has 2 rings (SSSR count). The fourth-order valence-corrected chi connectivity index (χ4v) is 2.01. The summed E-state index contributed by atoms with van der Waals surface area (Å²) in [6.45, 7) is 8.35. The maximum Gasteiger partial charge on any atom is 0.262 e. The van der Waals surface area contributed by atoms with E-state index >= 15 is 0 Å². The number of carbonyl (C=O) groups excluding carboxylic acids is 1. The number of amides is 1. The van der Waals surface area contributed by atoms with Crippen molar-refractivity contribution in [1.82, 2.24) is 9.78 Å². The molecular formula is C17H23N3O2. The standard InChI is InChI=1S/C17H23N3O2/c1-12-15(10-18-20(12)5)19-16(21)11-22-14-8-6-13(7-9-14)17(2,3)4/h6-10H,11H2,1-5H3,(H,19,21). The highest BCUT2D eigenvalue weighted by Gasteiger charge is 2.13. The van der Waals surface area contributed by atoms with E-state index in [1.807, 2.05) is 38.2 Å². The van der Waals surface area contributed by atoms with Crippen LogP contribution in [-0.4, -0.2) is 22.3 Å². The van der Waals surface area contributed by atoms with Crippen molar-refractivity contribution in [2.45, 2.75) is 33.1 Å². The lowest BCUT2D eigenvalue weighted by Gasteiger charge is -2.19. The van der Waals surface area contributed by atoms with Crippen molar-refractivity contribution in [3.8, 4) is 5.75 Å². The minimum absolute atomic E-state index is 0.0246. The van der Waals surface area contributed by atoms with Gasteiger partial charge < -0.3 is 10.1 Å². The van der Waals surface area contributed by atoms with E-state index in [0.717, 1.165) is 5.69 Å². The molecule has 5 heteroatoms. The second kappa shape index (κ2) is 6.22. The number of rotatable bonds is 4. The predicted octanol–water partition coefficient (Wildman–Crippen LogP) is 3.04. The molecule has 118 valence electrons. The molecule has 1 aromatic heterocycles. The molecule has 0 aliphatic carbocycles. The second-order valence-electron chi connectivity index (χ2n) is 6.38. The number of aromatic nitrogens is 2. The lowest BCUT2D eigenvalue weighted by molar-refractivity contribution is -0.118. The number of aryl methyl sites for hydroxylation is 1. The fourth-order valence-electron chi connectivity index (χ4n) is 2.01. The third-order valence-electron chi connectivity index (χ3n) is 3.60. The summed E-state index contributed by atoms with van der Waals surface area (Å²) in [5.41, 5.74) is 2.95. The van der Waals surface area contributed by atoms with E-state index in [9.17, 15) is 4.79 Å². The van der Waals surface area contributed by atoms with Crippen LogP contribution in [0.25, 0.3) is 0 Å². The average molecular weight is 301 g/mol. The van der Waals surface area contributed by atoms with Gasteiger partial charge in [0.15, 0.2) is 6.61 Å². The van der Waals surface area contributed by atoms with Crippen LogP contribution in [0.5, 0.6) is 5.75 Å². The molecule has 1 N–H and O–H groups in total. The number of nitrogens with zero attached hydrogens (tertiary/aromatic N) is 2. The zero-order valence-corrected chi connectivity index (χ0v) is 13.8. The van der Waals surface area contributed by atoms with Crippen molar-refractivity contribution in [2.75, 3.05) is 11.9 Å². The van der Waals surface area contributed by atoms with Gasteiger partial charge >= 0.3 is 0 Å². The van der Waals surface area contributed by atoms with E-state index in [4.69, 9.17) is 4.74 Å². The molecule has 0 spiro atoms. The average Bonchev–Trinajstić information content (AvgIpc) is 2.77. The Kier molecular flexibility index (Phi) is 4.54. The first kappa shape index (κ1) is 16.1. The zero-order chi connectivity index (χ0) is 16.3. The van der Waals surface area contributed by atoms with Gasteiger partial charge in [-0.3, -0.25) is 9.48 Å². The van der Waals surface area contributed by atoms with Crippen molar-refractivity contribution >= 4 is 11.6 Å². The Labute approximate surface area is 131 Å². The van der Waals surface area contributed by atoms with Crippen LogP contribution >= 0.6 is 0 Å². The van der Waals surface area contributed by atoms with E-state index in [-0.39, 0.29) is 17.9 Å². The number of anilines is 1. The molecule has 2 aromatic rings. The van der Waals surface area contributed by atoms with Gasteiger partial charge in [-0.15, -0.1) is 0 Å². The van der Waals surface area contributed by atoms with Gasteiger partial charge in [-0.1, -0.05) is 32.9 Å². The van der Waals surface area contributed by atoms with E-state index < -0.39 is 0 Å². The summed E-state index contributed by atoms with van der Waals surface area (Å²) >= 11 is 0. The number of hydrogen-bond donors (Lipinski definition) is 1. The van der Waals surface area contributed by atoms with Gasteiger partial charge in [0.05, 0.1) is 17.6 Å². The normalized spacial score (nSPS) is 11.3. The van der Waals surface area contributed by atoms with Crippen LogP contribution in [0, 0.1) is 6.92 Å². The van der Waals surface area contributed by atoms with Gasteiger partial charge in [-0.25, -0.2) is 0 Å². The monoisotopic (exact) mass is 301 g/mol. The van der Waals surface area contributed by atoms with E-state index in [0.29, 0.717) is 11.4 Å². The molecular weight excluding hydrogens is 278 g/mol. The SMILES string of the molecule is Cc1c(NC(=O)COc2ccc(C(C)(C)C)cc2)cnn1C. The third kappa shape index (κ3) is 3.87. The Bertz CT molecular complexity index is 652. The third-order valence-corrected chi connectivity index (χ3v) is 3.60. The Morgan fingerprint density at radius 3 is 2.41 bits per heavy atom. The summed E-state index contributed by atoms with van der Waals surface area (Å²) < 4.78 is 7.23. The Morgan fingerprint density at radius 2 is 1.91 bits per heavy atom. The lowest BCUT2D eigenvalue weighted by Crippen LogP contribution is -2.20. The summed E-state index contributed by atoms with van der Waals surface area (Å²) in [6.07, 6.45) is 1.63. The number of carbonyl (C=O) groups is 1. The summed E-state index contributed by atoms with van der Waals surface area (Å²) in [6, 6.07) is 7.84. The van der Waals surface area contributed by atoms with Crippen molar-refractivity contribution in [3.05, 3.63) is 41.7 Å². The van der Waals surface area contributed by atoms with Gasteiger partial charge in [-0.05, 0) is 30.0 Å². The van der Waals surface area contributed by atoms with Gasteiger partial charge in [0.2, 0.25) is 0 Å². The highest BCUT2D eigenvalue weighted by atomic mass is 16.5. The van der Waals surface area contributed by atoms with Crippen molar-refractivity contribution in [1.29, 1.82) is 0 Å². The first-order valence-electron chi connectivity index (χ1n) is 7.29. The van der Waals surface area contributed by atoms with Crippen LogP contribution < -0.4 is 10.1 Å². The molecule has 0 aliphatic heterocycles. The van der Waals surface area contributed by atoms with E-state index in [1.54, 1.807) is 10.9 Å². The van der Waals surface area contributed by atoms with Crippen LogP contribution in [0.4, 0.5) is 5.69 Å². The molecule has 0 atom stereocenters. The minimum Gasteiger partial charge on any atom is -0.484 e. The topological polar surface area (TPSA) is 56.1 Å². The van der Waals surface area contributed by atoms with Gasteiger partial charge in [-0.2, -0.15) is 5.10 Å². The molecule has 5 nitrogen and oxygen atoms in total. The van der Waals surface area contributed by atoms with Crippen LogP contribution in [-0.2, 0) is 17.3 Å². The molecule has 1 amide bonds. The number of nitrogens with one attached hydrogen (secondary N) is 1. The Hall–Kier alpha value is -2.30. The fraction of sp³-hybridized carbons (Fsp3) is 0.412. The van der Waals surface area contributed by atoms with Crippen LogP contribution in [0.3, 0.4) is 0 Å². The lowest BCUT2D eigenvalue weighted by atomic mass is 9.87. The van der Waals surface area contributed by atoms with E-state index in [2.05, 4.69) is 31.2 Å². The second-order valence-corrected chi connectivity index (χ2v) is 6.38. The highest BCUT2D eigenvalue weighted by Crippen LogP contribution is 2.24. The number of hydrogen-bond acceptors (Lipinski definition) is 3. The van der Waals surface area contributed by atoms with Gasteiger partial charge in [0.25, 0.3) is 5.91 Å². The summed E-state index contributed by atoms with van der Waals surface area (Å²) in [5, 5.41) is 6.87. The first-order chi connectivity index (χ1) is 10.3. The van der Waals surface area contributed by atoms with Crippen LogP contribution in [0.1, 0.15) is 32.0 Å². The van der Waals surface area contributed by atoms with Crippen molar-refractivity contribution < 1.29 is 9.53 Å². The van der Waals surface area contributed by atoms with Gasteiger partial charge in [0, 0.05) is 7.05 Å². The Balaban J connectivity index is 1.90. The molecule has 1 aromatic carbocycles.